The van der Waals surface area contributed by atoms with Gasteiger partial charge in [-0.2, -0.15) is 0 Å². The van der Waals surface area contributed by atoms with Crippen LogP contribution in [0, 0.1) is 23.2 Å². The van der Waals surface area contributed by atoms with Crippen LogP contribution >= 0.6 is 0 Å². The topological polar surface area (TPSA) is 15.3 Å². The fourth-order valence-electron chi connectivity index (χ4n) is 4.38. The first-order valence-corrected chi connectivity index (χ1v) is 9.52. The van der Waals surface area contributed by atoms with Crippen molar-refractivity contribution in [2.24, 2.45) is 23.2 Å². The first kappa shape index (κ1) is 15.8. The van der Waals surface area contributed by atoms with Crippen molar-refractivity contribution in [1.82, 2.24) is 10.2 Å². The van der Waals surface area contributed by atoms with Gasteiger partial charge in [-0.1, -0.05) is 33.6 Å². The molecule has 3 rings (SSSR count). The molecule has 1 N–H and O–H groups in total. The molecule has 2 atom stereocenters. The number of likely N-dealkylation sites (tertiary alicyclic amines) is 1. The van der Waals surface area contributed by atoms with E-state index in [0.717, 1.165) is 23.8 Å². The van der Waals surface area contributed by atoms with E-state index in [-0.39, 0.29) is 0 Å². The van der Waals surface area contributed by atoms with Crippen LogP contribution in [-0.4, -0.2) is 37.1 Å². The lowest BCUT2D eigenvalue weighted by Crippen LogP contribution is -2.49. The maximum Gasteiger partial charge on any atom is 0.00684 e. The summed E-state index contributed by atoms with van der Waals surface area (Å²) in [6.07, 6.45) is 10.1. The molecule has 122 valence electrons. The van der Waals surface area contributed by atoms with Crippen molar-refractivity contribution < 1.29 is 0 Å². The van der Waals surface area contributed by atoms with Crippen LogP contribution in [0.2, 0.25) is 0 Å². The normalized spacial score (nSPS) is 42.1. The fourth-order valence-corrected chi connectivity index (χ4v) is 4.38. The average molecular weight is 293 g/mol. The molecular formula is C19H36N2. The van der Waals surface area contributed by atoms with Crippen LogP contribution in [-0.2, 0) is 0 Å². The fraction of sp³-hybridized carbons (Fsp3) is 1.00. The Morgan fingerprint density at radius 3 is 2.29 bits per heavy atom. The first-order chi connectivity index (χ1) is 10.1. The van der Waals surface area contributed by atoms with Crippen LogP contribution in [0.15, 0.2) is 0 Å². The van der Waals surface area contributed by atoms with E-state index in [9.17, 15) is 0 Å². The van der Waals surface area contributed by atoms with Gasteiger partial charge in [-0.05, 0) is 61.8 Å². The first-order valence-electron chi connectivity index (χ1n) is 9.52. The van der Waals surface area contributed by atoms with Gasteiger partial charge in [0.2, 0.25) is 0 Å². The zero-order valence-electron chi connectivity index (χ0n) is 14.5. The second-order valence-corrected chi connectivity index (χ2v) is 8.82. The van der Waals surface area contributed by atoms with E-state index in [0.29, 0.717) is 5.41 Å². The molecule has 2 heteroatoms. The Morgan fingerprint density at radius 2 is 1.67 bits per heavy atom. The SMILES string of the molecule is CC1CCC(CNC2CC2)(CN2CCC(C)C(C)C2)CC1. The van der Waals surface area contributed by atoms with E-state index < -0.39 is 0 Å². The van der Waals surface area contributed by atoms with Crippen LogP contribution in [0.4, 0.5) is 0 Å². The van der Waals surface area contributed by atoms with E-state index in [1.54, 1.807) is 0 Å². The average Bonchev–Trinajstić information content (AvgIpc) is 3.28. The Kier molecular flexibility index (Phi) is 4.95. The maximum absolute atomic E-state index is 3.86. The number of nitrogens with one attached hydrogen (secondary N) is 1. The minimum Gasteiger partial charge on any atom is -0.313 e. The van der Waals surface area contributed by atoms with Crippen molar-refractivity contribution in [2.75, 3.05) is 26.2 Å². The van der Waals surface area contributed by atoms with Crippen molar-refractivity contribution in [3.8, 4) is 0 Å². The van der Waals surface area contributed by atoms with Crippen molar-refractivity contribution in [3.63, 3.8) is 0 Å². The Labute approximate surface area is 132 Å². The van der Waals surface area contributed by atoms with Crippen LogP contribution in [0.1, 0.15) is 65.7 Å². The summed E-state index contributed by atoms with van der Waals surface area (Å²) in [6, 6.07) is 0.863. The summed E-state index contributed by atoms with van der Waals surface area (Å²) in [5, 5.41) is 3.86. The molecule has 0 aromatic heterocycles. The van der Waals surface area contributed by atoms with Crippen LogP contribution in [0.3, 0.4) is 0 Å². The van der Waals surface area contributed by atoms with Crippen molar-refractivity contribution in [1.29, 1.82) is 0 Å². The van der Waals surface area contributed by atoms with Gasteiger partial charge in [0.25, 0.3) is 0 Å². The van der Waals surface area contributed by atoms with Gasteiger partial charge in [-0.15, -0.1) is 0 Å². The highest BCUT2D eigenvalue weighted by Gasteiger charge is 2.38. The number of rotatable bonds is 5. The Hall–Kier alpha value is -0.0800. The third-order valence-corrected chi connectivity index (χ3v) is 6.66. The van der Waals surface area contributed by atoms with Gasteiger partial charge in [0, 0.05) is 25.7 Å². The third-order valence-electron chi connectivity index (χ3n) is 6.66. The third kappa shape index (κ3) is 4.22. The van der Waals surface area contributed by atoms with E-state index in [1.807, 2.05) is 0 Å². The van der Waals surface area contributed by atoms with Crippen LogP contribution < -0.4 is 5.32 Å². The standard InChI is InChI=1S/C19H36N2/c1-15-6-9-19(10-7-15,13-20-18-4-5-18)14-21-11-8-16(2)17(3)12-21/h15-18,20H,4-14H2,1-3H3. The van der Waals surface area contributed by atoms with Gasteiger partial charge in [-0.3, -0.25) is 0 Å². The molecule has 2 nitrogen and oxygen atoms in total. The molecule has 3 aliphatic rings. The monoisotopic (exact) mass is 292 g/mol. The quantitative estimate of drug-likeness (QED) is 0.826. The van der Waals surface area contributed by atoms with Gasteiger partial charge in [0.05, 0.1) is 0 Å². The Morgan fingerprint density at radius 1 is 0.952 bits per heavy atom. The molecule has 0 aromatic rings. The van der Waals surface area contributed by atoms with Crippen LogP contribution in [0.5, 0.6) is 0 Å². The molecule has 0 aromatic carbocycles. The molecule has 0 radical (unpaired) electrons. The molecule has 21 heavy (non-hydrogen) atoms. The number of nitrogens with zero attached hydrogens (tertiary/aromatic N) is 1. The van der Waals surface area contributed by atoms with E-state index >= 15 is 0 Å². The predicted octanol–water partition coefficient (Wildman–Crippen LogP) is 3.91. The molecule has 1 saturated heterocycles. The summed E-state index contributed by atoms with van der Waals surface area (Å²) in [4.78, 5) is 2.80. The van der Waals surface area contributed by atoms with E-state index in [4.69, 9.17) is 0 Å². The van der Waals surface area contributed by atoms with Gasteiger partial charge in [-0.25, -0.2) is 0 Å². The van der Waals surface area contributed by atoms with Gasteiger partial charge in [0.1, 0.15) is 0 Å². The van der Waals surface area contributed by atoms with Crippen LogP contribution in [0.25, 0.3) is 0 Å². The van der Waals surface area contributed by atoms with Crippen molar-refractivity contribution >= 4 is 0 Å². The molecular weight excluding hydrogens is 256 g/mol. The van der Waals surface area contributed by atoms with E-state index in [1.165, 1.54) is 71.1 Å². The Bertz CT molecular complexity index is 328. The summed E-state index contributed by atoms with van der Waals surface area (Å²) >= 11 is 0. The second kappa shape index (κ2) is 6.58. The maximum atomic E-state index is 3.86. The molecule has 0 amide bonds. The largest absolute Gasteiger partial charge is 0.313 e. The molecule has 0 bridgehead atoms. The zero-order chi connectivity index (χ0) is 14.9. The van der Waals surface area contributed by atoms with Crippen molar-refractivity contribution in [3.05, 3.63) is 0 Å². The van der Waals surface area contributed by atoms with Gasteiger partial charge < -0.3 is 10.2 Å². The highest BCUT2D eigenvalue weighted by Crippen LogP contribution is 2.40. The lowest BCUT2D eigenvalue weighted by Gasteiger charge is -2.45. The van der Waals surface area contributed by atoms with E-state index in [2.05, 4.69) is 31.0 Å². The Balaban J connectivity index is 1.58. The highest BCUT2D eigenvalue weighted by atomic mass is 15.1. The van der Waals surface area contributed by atoms with Crippen molar-refractivity contribution in [2.45, 2.75) is 71.8 Å². The second-order valence-electron chi connectivity index (χ2n) is 8.82. The molecule has 2 saturated carbocycles. The summed E-state index contributed by atoms with van der Waals surface area (Å²) in [7, 11) is 0. The molecule has 0 spiro atoms. The summed E-state index contributed by atoms with van der Waals surface area (Å²) in [5.74, 6) is 2.77. The summed E-state index contributed by atoms with van der Waals surface area (Å²) < 4.78 is 0. The zero-order valence-corrected chi connectivity index (χ0v) is 14.5. The van der Waals surface area contributed by atoms with Gasteiger partial charge >= 0.3 is 0 Å². The lowest BCUT2D eigenvalue weighted by molar-refractivity contribution is 0.0502. The molecule has 1 heterocycles. The summed E-state index contributed by atoms with van der Waals surface area (Å²) in [5.41, 5.74) is 0.579. The predicted molar refractivity (Wildman–Crippen MR) is 90.5 cm³/mol. The molecule has 1 aliphatic heterocycles. The molecule has 2 aliphatic carbocycles. The minimum atomic E-state index is 0.579. The van der Waals surface area contributed by atoms with Gasteiger partial charge in [0.15, 0.2) is 0 Å². The number of hydrogen-bond acceptors (Lipinski definition) is 2. The number of hydrogen-bond donors (Lipinski definition) is 1. The smallest absolute Gasteiger partial charge is 0.00684 e. The highest BCUT2D eigenvalue weighted by molar-refractivity contribution is 4.93. The minimum absolute atomic E-state index is 0.579. The molecule has 2 unspecified atom stereocenters. The number of piperidine rings is 1. The molecule has 3 fully saturated rings. The lowest BCUT2D eigenvalue weighted by atomic mass is 9.70. The summed E-state index contributed by atoms with van der Waals surface area (Å²) in [6.45, 7) is 12.7.